The van der Waals surface area contributed by atoms with E-state index in [-0.39, 0.29) is 5.56 Å². The molecule has 0 aliphatic rings. The summed E-state index contributed by atoms with van der Waals surface area (Å²) in [5, 5.41) is 2.15. The van der Waals surface area contributed by atoms with E-state index in [2.05, 4.69) is 48.3 Å². The summed E-state index contributed by atoms with van der Waals surface area (Å²) in [5.74, 6) is 0.755. The van der Waals surface area contributed by atoms with Gasteiger partial charge in [-0.2, -0.15) is 0 Å². The number of ether oxygens (including phenoxy) is 1. The second kappa shape index (κ2) is 7.87. The molecule has 4 nitrogen and oxygen atoms in total. The third-order valence-electron chi connectivity index (χ3n) is 5.83. The number of aryl methyl sites for hydroxylation is 1. The zero-order valence-corrected chi connectivity index (χ0v) is 18.8. The highest BCUT2D eigenvalue weighted by atomic mass is 32.1. The number of thiazole rings is 1. The van der Waals surface area contributed by atoms with E-state index in [1.165, 1.54) is 16.9 Å². The van der Waals surface area contributed by atoms with E-state index in [1.54, 1.807) is 4.40 Å². The molecule has 0 saturated carbocycles. The molecule has 160 valence electrons. The van der Waals surface area contributed by atoms with Crippen LogP contribution < -0.4 is 14.8 Å². The van der Waals surface area contributed by atoms with E-state index in [0.717, 1.165) is 38.7 Å². The van der Waals surface area contributed by atoms with Crippen LogP contribution in [0.5, 0.6) is 5.75 Å². The highest BCUT2D eigenvalue weighted by molar-refractivity contribution is 7.15. The molecule has 2 aromatic heterocycles. The molecule has 0 aliphatic carbocycles. The van der Waals surface area contributed by atoms with Gasteiger partial charge in [-0.05, 0) is 47.5 Å². The first kappa shape index (κ1) is 19.7. The van der Waals surface area contributed by atoms with Gasteiger partial charge in [0.1, 0.15) is 12.4 Å². The molecule has 0 N–H and O–H groups in total. The largest absolute Gasteiger partial charge is 0.488 e. The van der Waals surface area contributed by atoms with E-state index in [4.69, 9.17) is 4.74 Å². The van der Waals surface area contributed by atoms with E-state index >= 15 is 0 Å². The molecule has 0 atom stereocenters. The van der Waals surface area contributed by atoms with Crippen LogP contribution in [0.4, 0.5) is 0 Å². The van der Waals surface area contributed by atoms with E-state index < -0.39 is 0 Å². The lowest BCUT2D eigenvalue weighted by Crippen LogP contribution is -2.22. The van der Waals surface area contributed by atoms with Crippen molar-refractivity contribution in [2.75, 3.05) is 0 Å². The van der Waals surface area contributed by atoms with E-state index in [1.807, 2.05) is 54.6 Å². The van der Waals surface area contributed by atoms with Crippen molar-refractivity contribution in [1.29, 1.82) is 0 Å². The standard InChI is InChI=1S/C28H20N2O2S/c1-18-7-6-8-19(15-18)17-32-25-14-13-20-9-2-3-10-21(20)22(25)16-26-27(31)30-24-12-5-4-11-23(24)29-28(30)33-26/h2-16H,17H2,1H3/b26-16-. The molecule has 5 heteroatoms. The number of fused-ring (bicyclic) bond motifs is 4. The molecule has 0 spiro atoms. The third kappa shape index (κ3) is 3.47. The Morgan fingerprint density at radius 2 is 1.82 bits per heavy atom. The summed E-state index contributed by atoms with van der Waals surface area (Å²) >= 11 is 1.41. The molecule has 0 radical (unpaired) electrons. The fourth-order valence-electron chi connectivity index (χ4n) is 4.26. The number of imidazole rings is 1. The van der Waals surface area contributed by atoms with Crippen molar-refractivity contribution >= 4 is 44.2 Å². The number of rotatable bonds is 4. The van der Waals surface area contributed by atoms with Gasteiger partial charge < -0.3 is 4.74 Å². The quantitative estimate of drug-likeness (QED) is 0.358. The van der Waals surface area contributed by atoms with Crippen LogP contribution in [0.2, 0.25) is 0 Å². The van der Waals surface area contributed by atoms with Gasteiger partial charge in [0, 0.05) is 5.56 Å². The maximum atomic E-state index is 13.3. The molecule has 0 unspecified atom stereocenters. The normalized spacial score (nSPS) is 12.2. The van der Waals surface area contributed by atoms with Crippen molar-refractivity contribution < 1.29 is 4.74 Å². The first-order valence-corrected chi connectivity index (χ1v) is 11.6. The summed E-state index contributed by atoms with van der Waals surface area (Å²) in [7, 11) is 0. The highest BCUT2D eigenvalue weighted by Gasteiger charge is 2.13. The Balaban J connectivity index is 1.52. The Kier molecular flexibility index (Phi) is 4.70. The van der Waals surface area contributed by atoms with Gasteiger partial charge in [-0.25, -0.2) is 9.38 Å². The number of hydrogen-bond donors (Lipinski definition) is 0. The lowest BCUT2D eigenvalue weighted by molar-refractivity contribution is 0.306. The van der Waals surface area contributed by atoms with Gasteiger partial charge in [0.2, 0.25) is 0 Å². The van der Waals surface area contributed by atoms with Crippen LogP contribution >= 0.6 is 11.3 Å². The molecule has 4 aromatic carbocycles. The summed E-state index contributed by atoms with van der Waals surface area (Å²) < 4.78 is 8.61. The first-order valence-electron chi connectivity index (χ1n) is 10.8. The second-order valence-electron chi connectivity index (χ2n) is 8.11. The predicted octanol–water partition coefficient (Wildman–Crippen LogP) is 5.50. The monoisotopic (exact) mass is 448 g/mol. The molecule has 0 bridgehead atoms. The molecule has 33 heavy (non-hydrogen) atoms. The minimum atomic E-state index is -0.0544. The van der Waals surface area contributed by atoms with Crippen LogP contribution in [0, 0.1) is 6.92 Å². The summed E-state index contributed by atoms with van der Waals surface area (Å²) in [4.78, 5) is 18.7. The van der Waals surface area contributed by atoms with Crippen LogP contribution in [0.25, 0.3) is 32.8 Å². The van der Waals surface area contributed by atoms with Crippen LogP contribution in [-0.2, 0) is 6.61 Å². The number of para-hydroxylation sites is 2. The van der Waals surface area contributed by atoms with Gasteiger partial charge in [-0.3, -0.25) is 4.79 Å². The van der Waals surface area contributed by atoms with Crippen LogP contribution in [0.15, 0.2) is 89.7 Å². The van der Waals surface area contributed by atoms with E-state index in [0.29, 0.717) is 16.1 Å². The zero-order chi connectivity index (χ0) is 22.4. The molecular formula is C28H20N2O2S. The van der Waals surface area contributed by atoms with Gasteiger partial charge in [-0.1, -0.05) is 83.6 Å². The van der Waals surface area contributed by atoms with Crippen molar-refractivity contribution in [2.24, 2.45) is 0 Å². The smallest absolute Gasteiger partial charge is 0.274 e. The van der Waals surface area contributed by atoms with Crippen molar-refractivity contribution in [3.05, 3.63) is 117 Å². The maximum absolute atomic E-state index is 13.3. The SMILES string of the molecule is Cc1cccc(COc2ccc3ccccc3c2/C=c2\sc3nc4ccccc4n3c2=O)c1. The summed E-state index contributed by atoms with van der Waals surface area (Å²) in [6.45, 7) is 2.54. The van der Waals surface area contributed by atoms with Crippen LogP contribution in [0.1, 0.15) is 16.7 Å². The Labute approximate surface area is 194 Å². The van der Waals surface area contributed by atoms with Crippen molar-refractivity contribution in [2.45, 2.75) is 13.5 Å². The Hall–Kier alpha value is -3.96. The molecule has 6 aromatic rings. The molecule has 6 rings (SSSR count). The number of hydrogen-bond acceptors (Lipinski definition) is 4. The molecule has 2 heterocycles. The second-order valence-corrected chi connectivity index (χ2v) is 9.12. The third-order valence-corrected chi connectivity index (χ3v) is 6.80. The fourth-order valence-corrected chi connectivity index (χ4v) is 5.23. The maximum Gasteiger partial charge on any atom is 0.274 e. The molecular weight excluding hydrogens is 428 g/mol. The topological polar surface area (TPSA) is 43.6 Å². The predicted molar refractivity (Wildman–Crippen MR) is 135 cm³/mol. The van der Waals surface area contributed by atoms with Crippen LogP contribution in [-0.4, -0.2) is 9.38 Å². The Bertz CT molecular complexity index is 1760. The molecule has 0 aliphatic heterocycles. The Morgan fingerprint density at radius 1 is 0.970 bits per heavy atom. The lowest BCUT2D eigenvalue weighted by atomic mass is 10.0. The average molecular weight is 449 g/mol. The fraction of sp³-hybridized carbons (Fsp3) is 0.0714. The van der Waals surface area contributed by atoms with Gasteiger partial charge >= 0.3 is 0 Å². The lowest BCUT2D eigenvalue weighted by Gasteiger charge is -2.12. The highest BCUT2D eigenvalue weighted by Crippen LogP contribution is 2.30. The molecule has 0 amide bonds. The van der Waals surface area contributed by atoms with Gasteiger partial charge in [0.05, 0.1) is 15.6 Å². The number of benzene rings is 4. The van der Waals surface area contributed by atoms with Crippen molar-refractivity contribution in [1.82, 2.24) is 9.38 Å². The summed E-state index contributed by atoms with van der Waals surface area (Å²) in [6, 6.07) is 28.2. The zero-order valence-electron chi connectivity index (χ0n) is 18.0. The minimum absolute atomic E-state index is 0.0544. The van der Waals surface area contributed by atoms with Gasteiger partial charge in [-0.15, -0.1) is 0 Å². The number of nitrogens with zero attached hydrogens (tertiary/aromatic N) is 2. The summed E-state index contributed by atoms with van der Waals surface area (Å²) in [6.07, 6.45) is 1.95. The molecule has 0 saturated heterocycles. The van der Waals surface area contributed by atoms with E-state index in [9.17, 15) is 4.79 Å². The van der Waals surface area contributed by atoms with Gasteiger partial charge in [0.25, 0.3) is 5.56 Å². The van der Waals surface area contributed by atoms with Gasteiger partial charge in [0.15, 0.2) is 4.96 Å². The summed E-state index contributed by atoms with van der Waals surface area (Å²) in [5.41, 5.74) is 4.83. The van der Waals surface area contributed by atoms with Crippen molar-refractivity contribution in [3.63, 3.8) is 0 Å². The number of aromatic nitrogens is 2. The minimum Gasteiger partial charge on any atom is -0.488 e. The Morgan fingerprint density at radius 3 is 2.73 bits per heavy atom. The molecule has 0 fully saturated rings. The average Bonchev–Trinajstić information content (AvgIpc) is 3.34. The first-order chi connectivity index (χ1) is 16.2. The van der Waals surface area contributed by atoms with Crippen LogP contribution in [0.3, 0.4) is 0 Å². The van der Waals surface area contributed by atoms with Crippen molar-refractivity contribution in [3.8, 4) is 5.75 Å².